The number of nitrogens with zero attached hydrogens (tertiary/aromatic N) is 3. The number of piperidine rings is 1. The molecule has 0 bridgehead atoms. The molecule has 2 heterocycles. The van der Waals surface area contributed by atoms with E-state index in [0.717, 1.165) is 54.3 Å². The van der Waals surface area contributed by atoms with Crippen molar-refractivity contribution in [3.63, 3.8) is 0 Å². The van der Waals surface area contributed by atoms with Gasteiger partial charge in [0.05, 0.1) is 0 Å². The van der Waals surface area contributed by atoms with Crippen LogP contribution in [0.25, 0.3) is 0 Å². The smallest absolute Gasteiger partial charge is 0.263 e. The van der Waals surface area contributed by atoms with Gasteiger partial charge in [-0.05, 0) is 62.9 Å². The molecule has 0 aliphatic carbocycles. The fraction of sp³-hybridized carbons (Fsp3) is 0.320. The molecule has 2 aromatic carbocycles. The van der Waals surface area contributed by atoms with Crippen molar-refractivity contribution in [2.75, 3.05) is 23.3 Å². The number of hydrogen-bond acceptors (Lipinski definition) is 5. The number of ether oxygens (including phenoxy) is 1. The highest BCUT2D eigenvalue weighted by Crippen LogP contribution is 2.31. The first-order valence-electron chi connectivity index (χ1n) is 10.7. The Labute approximate surface area is 183 Å². The summed E-state index contributed by atoms with van der Waals surface area (Å²) in [6.45, 7) is 7.55. The van der Waals surface area contributed by atoms with Crippen LogP contribution in [0.3, 0.4) is 0 Å². The summed E-state index contributed by atoms with van der Waals surface area (Å²) in [6.07, 6.45) is 4.84. The second-order valence-corrected chi connectivity index (χ2v) is 8.17. The molecule has 4 rings (SSSR count). The lowest BCUT2D eigenvalue weighted by molar-refractivity contribution is -0.120. The minimum absolute atomic E-state index is 0.0192. The number of carbonyl (C=O) groups excluding carboxylic acids is 1. The lowest BCUT2D eigenvalue weighted by Crippen LogP contribution is -2.38. The molecule has 160 valence electrons. The van der Waals surface area contributed by atoms with Crippen molar-refractivity contribution in [1.29, 1.82) is 0 Å². The predicted octanol–water partition coefficient (Wildman–Crippen LogP) is 5.05. The summed E-state index contributed by atoms with van der Waals surface area (Å²) >= 11 is 0. The Morgan fingerprint density at radius 1 is 0.968 bits per heavy atom. The van der Waals surface area contributed by atoms with E-state index in [1.165, 1.54) is 5.56 Å². The van der Waals surface area contributed by atoms with Gasteiger partial charge < -0.3 is 15.0 Å². The van der Waals surface area contributed by atoms with Gasteiger partial charge in [0.15, 0.2) is 5.82 Å². The van der Waals surface area contributed by atoms with Crippen LogP contribution in [0.15, 0.2) is 54.9 Å². The second-order valence-electron chi connectivity index (χ2n) is 8.17. The molecule has 31 heavy (non-hydrogen) atoms. The molecule has 1 aliphatic rings. The van der Waals surface area contributed by atoms with Crippen LogP contribution in [0.4, 0.5) is 11.5 Å². The van der Waals surface area contributed by atoms with Crippen LogP contribution in [-0.4, -0.2) is 29.0 Å². The van der Waals surface area contributed by atoms with Crippen LogP contribution in [-0.2, 0) is 4.79 Å². The Hall–Kier alpha value is -3.41. The van der Waals surface area contributed by atoms with Gasteiger partial charge in [-0.3, -0.25) is 4.79 Å². The van der Waals surface area contributed by atoms with Gasteiger partial charge >= 0.3 is 0 Å². The molecule has 6 heteroatoms. The number of nitrogens with one attached hydrogen (secondary N) is 1. The molecule has 1 saturated heterocycles. The van der Waals surface area contributed by atoms with E-state index in [0.29, 0.717) is 5.88 Å². The van der Waals surface area contributed by atoms with E-state index in [4.69, 9.17) is 4.74 Å². The summed E-state index contributed by atoms with van der Waals surface area (Å²) in [5.74, 6) is 2.01. The molecule has 0 radical (unpaired) electrons. The third-order valence-electron chi connectivity index (χ3n) is 5.70. The van der Waals surface area contributed by atoms with Gasteiger partial charge in [0.1, 0.15) is 5.75 Å². The van der Waals surface area contributed by atoms with E-state index in [-0.39, 0.29) is 11.8 Å². The highest BCUT2D eigenvalue weighted by atomic mass is 16.5. The highest BCUT2D eigenvalue weighted by Gasteiger charge is 2.27. The van der Waals surface area contributed by atoms with Crippen LogP contribution in [0.2, 0.25) is 0 Å². The SMILES string of the molecule is Cc1ccc(Oc2nccnc2N2CCC(C(=O)Nc3cc(C)ccc3C)CC2)cc1. The maximum atomic E-state index is 12.8. The maximum Gasteiger partial charge on any atom is 0.263 e. The van der Waals surface area contributed by atoms with E-state index in [2.05, 4.69) is 26.3 Å². The first kappa shape index (κ1) is 20.8. The number of carbonyl (C=O) groups is 1. The van der Waals surface area contributed by atoms with Gasteiger partial charge in [0, 0.05) is 37.1 Å². The van der Waals surface area contributed by atoms with Gasteiger partial charge in [0.2, 0.25) is 5.91 Å². The van der Waals surface area contributed by atoms with Crippen molar-refractivity contribution >= 4 is 17.4 Å². The van der Waals surface area contributed by atoms with Crippen molar-refractivity contribution in [3.8, 4) is 11.6 Å². The Bertz CT molecular complexity index is 1060. The number of hydrogen-bond donors (Lipinski definition) is 1. The third-order valence-corrected chi connectivity index (χ3v) is 5.70. The van der Waals surface area contributed by atoms with Gasteiger partial charge in [-0.15, -0.1) is 0 Å². The van der Waals surface area contributed by atoms with Crippen molar-refractivity contribution in [2.24, 2.45) is 5.92 Å². The molecule has 0 atom stereocenters. The minimum Gasteiger partial charge on any atom is -0.436 e. The molecular formula is C25H28N4O2. The topological polar surface area (TPSA) is 67.4 Å². The average Bonchev–Trinajstić information content (AvgIpc) is 2.78. The Morgan fingerprint density at radius 2 is 1.65 bits per heavy atom. The van der Waals surface area contributed by atoms with E-state index < -0.39 is 0 Å². The van der Waals surface area contributed by atoms with Crippen LogP contribution in [0.5, 0.6) is 11.6 Å². The molecule has 0 spiro atoms. The zero-order valence-corrected chi connectivity index (χ0v) is 18.3. The Kier molecular flexibility index (Phi) is 6.16. The molecule has 1 amide bonds. The summed E-state index contributed by atoms with van der Waals surface area (Å²) in [5, 5.41) is 3.11. The van der Waals surface area contributed by atoms with E-state index in [9.17, 15) is 4.79 Å². The first-order valence-corrected chi connectivity index (χ1v) is 10.7. The van der Waals surface area contributed by atoms with Crippen LogP contribution < -0.4 is 15.0 Å². The fourth-order valence-electron chi connectivity index (χ4n) is 3.78. The fourth-order valence-corrected chi connectivity index (χ4v) is 3.78. The zero-order chi connectivity index (χ0) is 21.8. The van der Waals surface area contributed by atoms with E-state index in [1.54, 1.807) is 12.4 Å². The van der Waals surface area contributed by atoms with Crippen LogP contribution in [0.1, 0.15) is 29.5 Å². The molecule has 6 nitrogen and oxygen atoms in total. The Morgan fingerprint density at radius 3 is 2.39 bits per heavy atom. The zero-order valence-electron chi connectivity index (χ0n) is 18.3. The quantitative estimate of drug-likeness (QED) is 0.630. The monoisotopic (exact) mass is 416 g/mol. The highest BCUT2D eigenvalue weighted by molar-refractivity contribution is 5.93. The summed E-state index contributed by atoms with van der Waals surface area (Å²) in [4.78, 5) is 23.9. The third kappa shape index (κ3) is 5.02. The molecule has 1 aromatic heterocycles. The summed E-state index contributed by atoms with van der Waals surface area (Å²) in [7, 11) is 0. The molecule has 1 aliphatic heterocycles. The Balaban J connectivity index is 1.40. The van der Waals surface area contributed by atoms with Crippen molar-refractivity contribution in [2.45, 2.75) is 33.6 Å². The van der Waals surface area contributed by atoms with Crippen molar-refractivity contribution in [3.05, 3.63) is 71.5 Å². The lowest BCUT2D eigenvalue weighted by atomic mass is 9.95. The van der Waals surface area contributed by atoms with E-state index >= 15 is 0 Å². The number of aryl methyl sites for hydroxylation is 3. The van der Waals surface area contributed by atoms with Crippen molar-refractivity contribution in [1.82, 2.24) is 9.97 Å². The average molecular weight is 417 g/mol. The van der Waals surface area contributed by atoms with Gasteiger partial charge in [-0.2, -0.15) is 0 Å². The summed E-state index contributed by atoms with van der Waals surface area (Å²) in [6, 6.07) is 14.0. The standard InChI is InChI=1S/C25H28N4O2/c1-17-5-8-21(9-6-17)31-25-23(26-12-13-27-25)29-14-10-20(11-15-29)24(30)28-22-16-18(2)4-7-19(22)3/h4-9,12-13,16,20H,10-11,14-15H2,1-3H3,(H,28,30). The van der Waals surface area contributed by atoms with Crippen molar-refractivity contribution < 1.29 is 9.53 Å². The maximum absolute atomic E-state index is 12.8. The molecular weight excluding hydrogens is 388 g/mol. The molecule has 1 N–H and O–H groups in total. The van der Waals surface area contributed by atoms with E-state index in [1.807, 2.05) is 57.2 Å². The predicted molar refractivity (Wildman–Crippen MR) is 123 cm³/mol. The number of anilines is 2. The van der Waals surface area contributed by atoms with Gasteiger partial charge in [-0.1, -0.05) is 29.8 Å². The molecule has 3 aromatic rings. The lowest BCUT2D eigenvalue weighted by Gasteiger charge is -2.32. The number of aromatic nitrogens is 2. The van der Waals surface area contributed by atoms with Gasteiger partial charge in [0.25, 0.3) is 5.88 Å². The summed E-state index contributed by atoms with van der Waals surface area (Å²) < 4.78 is 6.00. The molecule has 0 saturated carbocycles. The minimum atomic E-state index is -0.0192. The number of amides is 1. The second kappa shape index (κ2) is 9.16. The van der Waals surface area contributed by atoms with Crippen LogP contribution >= 0.6 is 0 Å². The van der Waals surface area contributed by atoms with Crippen LogP contribution in [0, 0.1) is 26.7 Å². The number of benzene rings is 2. The first-order chi connectivity index (χ1) is 15.0. The number of rotatable bonds is 5. The normalized spacial score (nSPS) is 14.4. The van der Waals surface area contributed by atoms with Gasteiger partial charge in [-0.25, -0.2) is 9.97 Å². The molecule has 1 fully saturated rings. The molecule has 0 unspecified atom stereocenters. The summed E-state index contributed by atoms with van der Waals surface area (Å²) in [5.41, 5.74) is 4.29. The largest absolute Gasteiger partial charge is 0.436 e.